The minimum Gasteiger partial charge on any atom is -0.238 e. The molecule has 44 valence electrons. The van der Waals surface area contributed by atoms with E-state index in [1.165, 1.54) is 7.11 Å². The lowest BCUT2D eigenvalue weighted by Gasteiger charge is -2.10. The van der Waals surface area contributed by atoms with Gasteiger partial charge in [0, 0.05) is 10.4 Å². The molecule has 0 unspecified atom stereocenters. The number of hydrogen-bond donors (Lipinski definition) is 1. The molecule has 1 heterocycles. The van der Waals surface area contributed by atoms with Gasteiger partial charge in [0.15, 0.2) is 0 Å². The number of nitrogens with zero attached hydrogens (tertiary/aromatic N) is 5. The second-order valence-corrected chi connectivity index (χ2v) is 0.924. The molecule has 0 aromatic rings. The van der Waals surface area contributed by atoms with Crippen LogP contribution in [0.2, 0.25) is 0 Å². The van der Waals surface area contributed by atoms with Gasteiger partial charge in [0.2, 0.25) is 0 Å². The van der Waals surface area contributed by atoms with Gasteiger partial charge in [-0.15, -0.1) is 0 Å². The fourth-order valence-electron chi connectivity index (χ4n) is 0.230. The van der Waals surface area contributed by atoms with Crippen LogP contribution in [-0.4, -0.2) is 12.4 Å². The van der Waals surface area contributed by atoms with Crippen LogP contribution in [0, 0.1) is 0 Å². The number of rotatable bonds is 1. The van der Waals surface area contributed by atoms with E-state index in [2.05, 4.69) is 31.3 Å². The molecule has 1 aliphatic rings. The van der Waals surface area contributed by atoms with Crippen molar-refractivity contribution in [3.8, 4) is 0 Å². The molecule has 0 spiro atoms. The van der Waals surface area contributed by atoms with Crippen molar-refractivity contribution in [1.82, 2.24) is 10.8 Å². The first-order valence-corrected chi connectivity index (χ1v) is 1.84. The lowest BCUT2D eigenvalue weighted by atomic mass is 11.7. The Labute approximate surface area is 44.9 Å². The Kier molecular flexibility index (Phi) is 1.33. The second kappa shape index (κ2) is 2.17. The summed E-state index contributed by atoms with van der Waals surface area (Å²) < 4.78 is 0. The van der Waals surface area contributed by atoms with Crippen LogP contribution in [0.25, 0.3) is 0 Å². The fourth-order valence-corrected chi connectivity index (χ4v) is 0.230. The number of hydrogen-bond acceptors (Lipinski definition) is 7. The summed E-state index contributed by atoms with van der Waals surface area (Å²) in [5, 5.41) is 13.8. The van der Waals surface area contributed by atoms with Crippen molar-refractivity contribution in [1.29, 1.82) is 0 Å². The van der Waals surface area contributed by atoms with Gasteiger partial charge in [-0.1, -0.05) is 0 Å². The van der Waals surface area contributed by atoms with Gasteiger partial charge in [-0.3, -0.25) is 0 Å². The smallest absolute Gasteiger partial charge is 0.0679 e. The summed E-state index contributed by atoms with van der Waals surface area (Å²) in [5.41, 5.74) is 2.28. The Bertz CT molecular complexity index is 118. The molecule has 0 amide bonds. The minimum atomic E-state index is 0.965. The molecule has 0 bridgehead atoms. The van der Waals surface area contributed by atoms with E-state index in [4.69, 9.17) is 0 Å². The van der Waals surface area contributed by atoms with Crippen molar-refractivity contribution in [3.05, 3.63) is 0 Å². The summed E-state index contributed by atoms with van der Waals surface area (Å²) in [4.78, 5) is 4.50. The van der Waals surface area contributed by atoms with Gasteiger partial charge >= 0.3 is 0 Å². The van der Waals surface area contributed by atoms with E-state index in [9.17, 15) is 0 Å². The molecule has 0 aromatic heterocycles. The third-order valence-electron chi connectivity index (χ3n) is 0.509. The van der Waals surface area contributed by atoms with Crippen molar-refractivity contribution in [2.24, 2.45) is 20.9 Å². The zero-order valence-electron chi connectivity index (χ0n) is 4.14. The lowest BCUT2D eigenvalue weighted by molar-refractivity contribution is -0.185. The minimum absolute atomic E-state index is 0.965. The molecule has 1 rings (SSSR count). The maximum atomic E-state index is 4.50. The van der Waals surface area contributed by atoms with Crippen LogP contribution < -0.4 is 5.53 Å². The Morgan fingerprint density at radius 3 is 2.75 bits per heavy atom. The summed E-state index contributed by atoms with van der Waals surface area (Å²) in [7, 11) is 1.42. The molecule has 0 fully saturated rings. The first-order chi connectivity index (χ1) is 3.93. The van der Waals surface area contributed by atoms with Crippen LogP contribution in [0.15, 0.2) is 20.9 Å². The van der Waals surface area contributed by atoms with Crippen molar-refractivity contribution in [2.75, 3.05) is 7.11 Å². The van der Waals surface area contributed by atoms with Crippen LogP contribution >= 0.6 is 0 Å². The maximum absolute atomic E-state index is 4.50. The van der Waals surface area contributed by atoms with Crippen LogP contribution in [0.1, 0.15) is 0 Å². The van der Waals surface area contributed by atoms with Crippen molar-refractivity contribution >= 4 is 0 Å². The molecular weight excluding hydrogens is 112 g/mol. The molecule has 0 aliphatic carbocycles. The van der Waals surface area contributed by atoms with E-state index in [1.807, 2.05) is 0 Å². The number of nitrogens with one attached hydrogen (secondary N) is 1. The van der Waals surface area contributed by atoms with Crippen molar-refractivity contribution in [3.63, 3.8) is 0 Å². The van der Waals surface area contributed by atoms with Crippen LogP contribution in [0.3, 0.4) is 0 Å². The first kappa shape index (κ1) is 4.91. The molecule has 1 aliphatic heterocycles. The Balaban J connectivity index is 2.40. The van der Waals surface area contributed by atoms with Crippen LogP contribution in [0.4, 0.5) is 0 Å². The normalized spacial score (nSPS) is 16.4. The molecule has 0 radical (unpaired) electrons. The second-order valence-electron chi connectivity index (χ2n) is 0.924. The van der Waals surface area contributed by atoms with Gasteiger partial charge in [0.25, 0.3) is 0 Å². The van der Waals surface area contributed by atoms with E-state index in [0.29, 0.717) is 0 Å². The summed E-state index contributed by atoms with van der Waals surface area (Å²) in [6.07, 6.45) is 0. The highest BCUT2D eigenvalue weighted by Gasteiger charge is 1.96. The van der Waals surface area contributed by atoms with Crippen molar-refractivity contribution in [2.45, 2.75) is 0 Å². The summed E-state index contributed by atoms with van der Waals surface area (Å²) in [6, 6.07) is 0. The third kappa shape index (κ3) is 0.877. The predicted molar refractivity (Wildman–Crippen MR) is 21.7 cm³/mol. The molecule has 8 heavy (non-hydrogen) atoms. The third-order valence-corrected chi connectivity index (χ3v) is 0.509. The van der Waals surface area contributed by atoms with Gasteiger partial charge in [-0.2, -0.15) is 5.53 Å². The maximum Gasteiger partial charge on any atom is 0.0679 e. The van der Waals surface area contributed by atoms with E-state index >= 15 is 0 Å². The van der Waals surface area contributed by atoms with E-state index in [0.717, 1.165) is 5.28 Å². The molecule has 0 atom stereocenters. The predicted octanol–water partition coefficient (Wildman–Crippen LogP) is 0.0174. The average molecular weight is 116 g/mol. The molecule has 0 saturated carbocycles. The highest BCUT2D eigenvalue weighted by atomic mass is 16.7. The highest BCUT2D eigenvalue weighted by Crippen LogP contribution is 1.91. The molecular formula is CH4N6O. The quantitative estimate of drug-likeness (QED) is 0.524. The molecule has 1 N–H and O–H groups in total. The molecule has 0 aromatic carbocycles. The standard InChI is InChI=1S/CH4N6O/c1-8-7-5-3-2-4-6-7/h1H3,(H,2,5,6). The van der Waals surface area contributed by atoms with E-state index in [-0.39, 0.29) is 0 Å². The van der Waals surface area contributed by atoms with Gasteiger partial charge in [-0.05, 0) is 15.7 Å². The summed E-state index contributed by atoms with van der Waals surface area (Å²) in [6.45, 7) is 0. The topological polar surface area (TPSA) is 73.9 Å². The Morgan fingerprint density at radius 2 is 2.38 bits per heavy atom. The zero-order chi connectivity index (χ0) is 5.82. The molecule has 0 saturated heterocycles. The van der Waals surface area contributed by atoms with Gasteiger partial charge < -0.3 is 0 Å². The monoisotopic (exact) mass is 116 g/mol. The van der Waals surface area contributed by atoms with Gasteiger partial charge in [0.05, 0.1) is 7.11 Å². The molecule has 7 nitrogen and oxygen atoms in total. The first-order valence-electron chi connectivity index (χ1n) is 1.84. The lowest BCUT2D eigenvalue weighted by Crippen LogP contribution is -2.28. The zero-order valence-corrected chi connectivity index (χ0v) is 4.14. The SMILES string of the molecule is CON1N=NN=NN1. The summed E-state index contributed by atoms with van der Waals surface area (Å²) >= 11 is 0. The van der Waals surface area contributed by atoms with E-state index in [1.54, 1.807) is 0 Å². The Hall–Kier alpha value is -1.24. The summed E-state index contributed by atoms with van der Waals surface area (Å²) in [5.74, 6) is 0. The average Bonchev–Trinajstić information content (AvgIpc) is 1.90. The fraction of sp³-hybridized carbons (Fsp3) is 1.00. The number of hydrazine groups is 1. The van der Waals surface area contributed by atoms with Crippen LogP contribution in [-0.2, 0) is 4.84 Å². The van der Waals surface area contributed by atoms with Gasteiger partial charge in [-0.25, -0.2) is 4.84 Å². The molecule has 7 heteroatoms. The van der Waals surface area contributed by atoms with Crippen molar-refractivity contribution < 1.29 is 4.84 Å². The van der Waals surface area contributed by atoms with Gasteiger partial charge in [0.1, 0.15) is 0 Å². The highest BCUT2D eigenvalue weighted by molar-refractivity contribution is 4.17. The Morgan fingerprint density at radius 1 is 1.50 bits per heavy atom. The van der Waals surface area contributed by atoms with E-state index < -0.39 is 0 Å². The largest absolute Gasteiger partial charge is 0.238 e. The van der Waals surface area contributed by atoms with Crippen LogP contribution in [0.5, 0.6) is 0 Å².